The molecule has 4 heteroatoms. The molecule has 1 aromatic carbocycles. The second-order valence-corrected chi connectivity index (χ2v) is 4.94. The van der Waals surface area contributed by atoms with Crippen molar-refractivity contribution in [2.45, 2.75) is 20.0 Å². The Morgan fingerprint density at radius 3 is 2.81 bits per heavy atom. The second-order valence-electron chi connectivity index (χ2n) is 4.94. The van der Waals surface area contributed by atoms with Crippen LogP contribution in [-0.2, 0) is 13.1 Å². The van der Waals surface area contributed by atoms with Crippen molar-refractivity contribution < 1.29 is 4.42 Å². The minimum Gasteiger partial charge on any atom is -0.467 e. The summed E-state index contributed by atoms with van der Waals surface area (Å²) in [6, 6.07) is 12.3. The SMILES string of the molecule is CCNCc1ccoc1Cn1cc(-c2ccccc2)cn1. The van der Waals surface area contributed by atoms with E-state index in [1.165, 1.54) is 11.1 Å². The summed E-state index contributed by atoms with van der Waals surface area (Å²) in [5.74, 6) is 0.957. The Kier molecular flexibility index (Phi) is 4.17. The summed E-state index contributed by atoms with van der Waals surface area (Å²) in [5.41, 5.74) is 3.49. The van der Waals surface area contributed by atoms with Gasteiger partial charge in [-0.25, -0.2) is 0 Å². The van der Waals surface area contributed by atoms with Crippen LogP contribution in [0.15, 0.2) is 59.5 Å². The van der Waals surface area contributed by atoms with Gasteiger partial charge in [0.1, 0.15) is 5.76 Å². The summed E-state index contributed by atoms with van der Waals surface area (Å²) >= 11 is 0. The van der Waals surface area contributed by atoms with Crippen LogP contribution >= 0.6 is 0 Å². The molecule has 0 amide bonds. The third kappa shape index (κ3) is 3.23. The van der Waals surface area contributed by atoms with Crippen LogP contribution in [0.3, 0.4) is 0 Å². The minimum absolute atomic E-state index is 0.653. The third-order valence-electron chi connectivity index (χ3n) is 3.45. The number of aromatic nitrogens is 2. The summed E-state index contributed by atoms with van der Waals surface area (Å²) in [4.78, 5) is 0. The number of nitrogens with zero attached hydrogens (tertiary/aromatic N) is 2. The van der Waals surface area contributed by atoms with E-state index in [9.17, 15) is 0 Å². The van der Waals surface area contributed by atoms with E-state index >= 15 is 0 Å². The highest BCUT2D eigenvalue weighted by atomic mass is 16.3. The Morgan fingerprint density at radius 2 is 2.00 bits per heavy atom. The monoisotopic (exact) mass is 281 g/mol. The molecule has 0 aliphatic carbocycles. The molecule has 0 spiro atoms. The lowest BCUT2D eigenvalue weighted by molar-refractivity contribution is 0.473. The molecule has 0 bridgehead atoms. The number of benzene rings is 1. The molecule has 0 saturated carbocycles. The topological polar surface area (TPSA) is 43.0 Å². The molecule has 0 saturated heterocycles. The van der Waals surface area contributed by atoms with Crippen LogP contribution in [0.5, 0.6) is 0 Å². The summed E-state index contributed by atoms with van der Waals surface area (Å²) < 4.78 is 7.49. The zero-order chi connectivity index (χ0) is 14.5. The fourth-order valence-electron chi connectivity index (χ4n) is 2.30. The molecule has 0 atom stereocenters. The Labute approximate surface area is 124 Å². The fourth-order valence-corrected chi connectivity index (χ4v) is 2.30. The van der Waals surface area contributed by atoms with Crippen LogP contribution in [0.2, 0.25) is 0 Å². The zero-order valence-electron chi connectivity index (χ0n) is 12.1. The first kappa shape index (κ1) is 13.6. The van der Waals surface area contributed by atoms with Crippen molar-refractivity contribution in [2.75, 3.05) is 6.54 Å². The number of furan rings is 1. The van der Waals surface area contributed by atoms with Gasteiger partial charge in [0.05, 0.1) is 19.0 Å². The van der Waals surface area contributed by atoms with Gasteiger partial charge in [0.25, 0.3) is 0 Å². The van der Waals surface area contributed by atoms with E-state index in [2.05, 4.69) is 35.7 Å². The smallest absolute Gasteiger partial charge is 0.129 e. The highest BCUT2D eigenvalue weighted by Crippen LogP contribution is 2.19. The molecule has 0 radical (unpaired) electrons. The third-order valence-corrected chi connectivity index (χ3v) is 3.45. The normalized spacial score (nSPS) is 10.9. The maximum absolute atomic E-state index is 5.58. The molecular formula is C17H19N3O. The molecule has 0 fully saturated rings. The molecule has 21 heavy (non-hydrogen) atoms. The lowest BCUT2D eigenvalue weighted by atomic mass is 10.1. The van der Waals surface area contributed by atoms with Crippen LogP contribution < -0.4 is 5.32 Å². The summed E-state index contributed by atoms with van der Waals surface area (Å²) in [5, 5.41) is 7.74. The first-order valence-corrected chi connectivity index (χ1v) is 7.20. The van der Waals surface area contributed by atoms with E-state index < -0.39 is 0 Å². The predicted octanol–water partition coefficient (Wildman–Crippen LogP) is 3.30. The van der Waals surface area contributed by atoms with E-state index in [0.29, 0.717) is 6.54 Å². The molecule has 3 rings (SSSR count). The van der Waals surface area contributed by atoms with Gasteiger partial charge >= 0.3 is 0 Å². The lowest BCUT2D eigenvalue weighted by Gasteiger charge is -2.03. The van der Waals surface area contributed by atoms with Crippen LogP contribution in [0.4, 0.5) is 0 Å². The van der Waals surface area contributed by atoms with Gasteiger partial charge < -0.3 is 9.73 Å². The lowest BCUT2D eigenvalue weighted by Crippen LogP contribution is -2.13. The second kappa shape index (κ2) is 6.41. The first-order chi connectivity index (χ1) is 10.4. The molecule has 0 aliphatic heterocycles. The van der Waals surface area contributed by atoms with Crippen LogP contribution in [0, 0.1) is 0 Å². The fraction of sp³-hybridized carbons (Fsp3) is 0.235. The Morgan fingerprint density at radius 1 is 1.14 bits per heavy atom. The van der Waals surface area contributed by atoms with E-state index in [-0.39, 0.29) is 0 Å². The number of rotatable bonds is 6. The van der Waals surface area contributed by atoms with Gasteiger partial charge in [-0.1, -0.05) is 37.3 Å². The molecule has 4 nitrogen and oxygen atoms in total. The highest BCUT2D eigenvalue weighted by molar-refractivity contribution is 5.61. The van der Waals surface area contributed by atoms with Crippen LogP contribution in [0.1, 0.15) is 18.2 Å². The standard InChI is InChI=1S/C17H19N3O/c1-2-18-10-15-8-9-21-17(15)13-20-12-16(11-19-20)14-6-4-3-5-7-14/h3-9,11-12,18H,2,10,13H2,1H3. The average Bonchev–Trinajstić information content (AvgIpc) is 3.16. The van der Waals surface area contributed by atoms with Gasteiger partial charge in [-0.3, -0.25) is 4.68 Å². The number of nitrogens with one attached hydrogen (secondary N) is 1. The molecule has 2 heterocycles. The van der Waals surface area contributed by atoms with E-state index in [0.717, 1.165) is 24.4 Å². The van der Waals surface area contributed by atoms with Crippen molar-refractivity contribution in [3.8, 4) is 11.1 Å². The van der Waals surface area contributed by atoms with Gasteiger partial charge in [0.2, 0.25) is 0 Å². The van der Waals surface area contributed by atoms with Gasteiger partial charge in [-0.2, -0.15) is 5.10 Å². The number of hydrogen-bond donors (Lipinski definition) is 1. The van der Waals surface area contributed by atoms with Crippen molar-refractivity contribution in [3.63, 3.8) is 0 Å². The van der Waals surface area contributed by atoms with Crippen LogP contribution in [-0.4, -0.2) is 16.3 Å². The van der Waals surface area contributed by atoms with Crippen molar-refractivity contribution in [1.29, 1.82) is 0 Å². The van der Waals surface area contributed by atoms with Gasteiger partial charge in [0.15, 0.2) is 0 Å². The van der Waals surface area contributed by atoms with E-state index in [1.54, 1.807) is 6.26 Å². The quantitative estimate of drug-likeness (QED) is 0.754. The molecule has 2 aromatic heterocycles. The maximum Gasteiger partial charge on any atom is 0.129 e. The van der Waals surface area contributed by atoms with Gasteiger partial charge in [-0.05, 0) is 18.2 Å². The Balaban J connectivity index is 1.74. The van der Waals surface area contributed by atoms with E-state index in [1.807, 2.05) is 35.1 Å². The van der Waals surface area contributed by atoms with Gasteiger partial charge in [-0.15, -0.1) is 0 Å². The molecule has 0 aliphatic rings. The molecule has 108 valence electrons. The molecule has 3 aromatic rings. The van der Waals surface area contributed by atoms with Crippen molar-refractivity contribution in [2.24, 2.45) is 0 Å². The molecule has 0 unspecified atom stereocenters. The zero-order valence-corrected chi connectivity index (χ0v) is 12.1. The largest absolute Gasteiger partial charge is 0.467 e. The predicted molar refractivity (Wildman–Crippen MR) is 82.9 cm³/mol. The van der Waals surface area contributed by atoms with Crippen molar-refractivity contribution in [3.05, 3.63) is 66.4 Å². The maximum atomic E-state index is 5.58. The van der Waals surface area contributed by atoms with Gasteiger partial charge in [0, 0.05) is 23.9 Å². The van der Waals surface area contributed by atoms with Crippen molar-refractivity contribution >= 4 is 0 Å². The summed E-state index contributed by atoms with van der Waals surface area (Å²) in [6.07, 6.45) is 5.68. The average molecular weight is 281 g/mol. The minimum atomic E-state index is 0.653. The van der Waals surface area contributed by atoms with Crippen LogP contribution in [0.25, 0.3) is 11.1 Å². The summed E-state index contributed by atoms with van der Waals surface area (Å²) in [6.45, 7) is 4.53. The van der Waals surface area contributed by atoms with E-state index in [4.69, 9.17) is 4.42 Å². The summed E-state index contributed by atoms with van der Waals surface area (Å²) in [7, 11) is 0. The number of hydrogen-bond acceptors (Lipinski definition) is 3. The Bertz CT molecular complexity index is 685. The first-order valence-electron chi connectivity index (χ1n) is 7.20. The molecular weight excluding hydrogens is 262 g/mol. The molecule has 1 N–H and O–H groups in total. The highest BCUT2D eigenvalue weighted by Gasteiger charge is 2.08. The Hall–Kier alpha value is -2.33. The van der Waals surface area contributed by atoms with Crippen molar-refractivity contribution in [1.82, 2.24) is 15.1 Å².